The monoisotopic (exact) mass is 274 g/mol. The number of methoxy groups -OCH3 is 2. The number of aryl methyl sites for hydroxylation is 2. The van der Waals surface area contributed by atoms with Crippen molar-refractivity contribution in [2.24, 2.45) is 0 Å². The van der Waals surface area contributed by atoms with Gasteiger partial charge in [-0.15, -0.1) is 0 Å². The molecule has 0 aromatic heterocycles. The molecule has 0 saturated heterocycles. The predicted octanol–water partition coefficient (Wildman–Crippen LogP) is 2.90. The van der Waals surface area contributed by atoms with Crippen LogP contribution in [0.25, 0.3) is 0 Å². The maximum absolute atomic E-state index is 9.73. The third kappa shape index (κ3) is 2.96. The predicted molar refractivity (Wildman–Crippen MR) is 76.7 cm³/mol. The van der Waals surface area contributed by atoms with E-state index < -0.39 is 0 Å². The lowest BCUT2D eigenvalue weighted by Crippen LogP contribution is -1.98. The average molecular weight is 274 g/mol. The standard InChI is InChI=1S/C16H18O4/c1-19-15-12(7-10-14(18)16(15)20-2)6-3-11-4-8-13(17)9-5-11/h4-5,7-10,17-18H,3,6H2,1-2H3. The number of benzene rings is 2. The number of rotatable bonds is 5. The largest absolute Gasteiger partial charge is 0.508 e. The van der Waals surface area contributed by atoms with Gasteiger partial charge in [-0.25, -0.2) is 0 Å². The molecule has 0 fully saturated rings. The van der Waals surface area contributed by atoms with E-state index in [2.05, 4.69) is 0 Å². The average Bonchev–Trinajstić information content (AvgIpc) is 2.47. The highest BCUT2D eigenvalue weighted by molar-refractivity contribution is 5.55. The Kier molecular flexibility index (Phi) is 4.35. The molecule has 2 aromatic carbocycles. The summed E-state index contributed by atoms with van der Waals surface area (Å²) in [6.45, 7) is 0. The van der Waals surface area contributed by atoms with Gasteiger partial charge in [-0.1, -0.05) is 18.2 Å². The summed E-state index contributed by atoms with van der Waals surface area (Å²) in [6, 6.07) is 10.6. The number of hydrogen-bond acceptors (Lipinski definition) is 4. The van der Waals surface area contributed by atoms with Crippen molar-refractivity contribution in [1.82, 2.24) is 0 Å². The molecular formula is C16H18O4. The van der Waals surface area contributed by atoms with Crippen LogP contribution in [0.4, 0.5) is 0 Å². The van der Waals surface area contributed by atoms with E-state index in [9.17, 15) is 10.2 Å². The van der Waals surface area contributed by atoms with Gasteiger partial charge < -0.3 is 19.7 Å². The molecule has 0 radical (unpaired) electrons. The van der Waals surface area contributed by atoms with Crippen molar-refractivity contribution in [3.05, 3.63) is 47.5 Å². The number of ether oxygens (including phenoxy) is 2. The van der Waals surface area contributed by atoms with Crippen LogP contribution in [0.5, 0.6) is 23.0 Å². The highest BCUT2D eigenvalue weighted by atomic mass is 16.5. The van der Waals surface area contributed by atoms with E-state index in [4.69, 9.17) is 9.47 Å². The highest BCUT2D eigenvalue weighted by Gasteiger charge is 2.14. The van der Waals surface area contributed by atoms with Crippen LogP contribution in [-0.4, -0.2) is 24.4 Å². The van der Waals surface area contributed by atoms with Gasteiger partial charge in [0.1, 0.15) is 5.75 Å². The van der Waals surface area contributed by atoms with Gasteiger partial charge in [0, 0.05) is 0 Å². The fourth-order valence-electron chi connectivity index (χ4n) is 2.15. The Balaban J connectivity index is 2.19. The molecule has 0 aliphatic carbocycles. The lowest BCUT2D eigenvalue weighted by molar-refractivity contribution is 0.330. The first-order chi connectivity index (χ1) is 9.65. The molecule has 0 aliphatic heterocycles. The minimum Gasteiger partial charge on any atom is -0.508 e. The second-order valence-electron chi connectivity index (χ2n) is 4.48. The molecule has 2 aromatic rings. The van der Waals surface area contributed by atoms with Gasteiger partial charge in [-0.05, 0) is 42.2 Å². The van der Waals surface area contributed by atoms with Crippen molar-refractivity contribution in [3.63, 3.8) is 0 Å². The van der Waals surface area contributed by atoms with E-state index in [0.717, 1.165) is 24.0 Å². The Morgan fingerprint density at radius 2 is 1.45 bits per heavy atom. The van der Waals surface area contributed by atoms with Crippen molar-refractivity contribution >= 4 is 0 Å². The van der Waals surface area contributed by atoms with Crippen LogP contribution in [0.2, 0.25) is 0 Å². The third-order valence-corrected chi connectivity index (χ3v) is 3.20. The first-order valence-electron chi connectivity index (χ1n) is 6.36. The van der Waals surface area contributed by atoms with Crippen LogP contribution in [0.15, 0.2) is 36.4 Å². The summed E-state index contributed by atoms with van der Waals surface area (Å²) in [5.41, 5.74) is 2.09. The lowest BCUT2D eigenvalue weighted by atomic mass is 10.0. The minimum absolute atomic E-state index is 0.0673. The normalized spacial score (nSPS) is 10.3. The van der Waals surface area contributed by atoms with Crippen molar-refractivity contribution < 1.29 is 19.7 Å². The molecule has 0 aliphatic rings. The maximum atomic E-state index is 9.73. The summed E-state index contributed by atoms with van der Waals surface area (Å²) < 4.78 is 10.5. The Morgan fingerprint density at radius 1 is 0.800 bits per heavy atom. The van der Waals surface area contributed by atoms with Gasteiger partial charge in [0.2, 0.25) is 5.75 Å². The molecule has 0 spiro atoms. The van der Waals surface area contributed by atoms with Crippen LogP contribution in [-0.2, 0) is 12.8 Å². The third-order valence-electron chi connectivity index (χ3n) is 3.20. The Bertz CT molecular complexity index is 576. The summed E-state index contributed by atoms with van der Waals surface area (Å²) in [5, 5.41) is 19.0. The molecule has 0 amide bonds. The minimum atomic E-state index is 0.0673. The second-order valence-corrected chi connectivity index (χ2v) is 4.48. The van der Waals surface area contributed by atoms with Crippen LogP contribution >= 0.6 is 0 Å². The van der Waals surface area contributed by atoms with Crippen molar-refractivity contribution in [2.45, 2.75) is 12.8 Å². The molecule has 0 atom stereocenters. The zero-order chi connectivity index (χ0) is 14.5. The van der Waals surface area contributed by atoms with E-state index in [1.165, 1.54) is 7.11 Å². The van der Waals surface area contributed by atoms with Crippen LogP contribution < -0.4 is 9.47 Å². The summed E-state index contributed by atoms with van der Waals surface area (Å²) >= 11 is 0. The molecule has 0 bridgehead atoms. The molecule has 4 heteroatoms. The van der Waals surface area contributed by atoms with E-state index in [-0.39, 0.29) is 11.5 Å². The van der Waals surface area contributed by atoms with Crippen molar-refractivity contribution in [1.29, 1.82) is 0 Å². The summed E-state index contributed by atoms with van der Waals surface area (Å²) in [4.78, 5) is 0. The lowest BCUT2D eigenvalue weighted by Gasteiger charge is -2.14. The van der Waals surface area contributed by atoms with Gasteiger partial charge in [0.15, 0.2) is 11.5 Å². The summed E-state index contributed by atoms with van der Waals surface area (Å²) in [7, 11) is 3.06. The first-order valence-corrected chi connectivity index (χ1v) is 6.36. The molecule has 0 unspecified atom stereocenters. The van der Waals surface area contributed by atoms with E-state index in [0.29, 0.717) is 11.5 Å². The number of phenols is 2. The topological polar surface area (TPSA) is 58.9 Å². The molecule has 2 N–H and O–H groups in total. The Labute approximate surface area is 118 Å². The van der Waals surface area contributed by atoms with Gasteiger partial charge in [-0.2, -0.15) is 0 Å². The zero-order valence-corrected chi connectivity index (χ0v) is 11.6. The van der Waals surface area contributed by atoms with Gasteiger partial charge in [0.05, 0.1) is 14.2 Å². The molecular weight excluding hydrogens is 256 g/mol. The van der Waals surface area contributed by atoms with E-state index in [1.54, 1.807) is 25.3 Å². The molecule has 20 heavy (non-hydrogen) atoms. The molecule has 106 valence electrons. The molecule has 0 saturated carbocycles. The summed E-state index contributed by atoms with van der Waals surface area (Å²) in [5.74, 6) is 1.25. The number of phenolic OH excluding ortho intramolecular Hbond substituents is 2. The smallest absolute Gasteiger partial charge is 0.203 e. The van der Waals surface area contributed by atoms with Gasteiger partial charge in [-0.3, -0.25) is 0 Å². The van der Waals surface area contributed by atoms with Gasteiger partial charge >= 0.3 is 0 Å². The molecule has 0 heterocycles. The fraction of sp³-hybridized carbons (Fsp3) is 0.250. The highest BCUT2D eigenvalue weighted by Crippen LogP contribution is 2.39. The quantitative estimate of drug-likeness (QED) is 0.880. The SMILES string of the molecule is COc1c(O)ccc(CCc2ccc(O)cc2)c1OC. The van der Waals surface area contributed by atoms with E-state index in [1.807, 2.05) is 18.2 Å². The van der Waals surface area contributed by atoms with Crippen LogP contribution in [0.1, 0.15) is 11.1 Å². The first kappa shape index (κ1) is 14.1. The van der Waals surface area contributed by atoms with Crippen molar-refractivity contribution in [2.75, 3.05) is 14.2 Å². The number of hydrogen-bond donors (Lipinski definition) is 2. The zero-order valence-electron chi connectivity index (χ0n) is 11.6. The summed E-state index contributed by atoms with van der Waals surface area (Å²) in [6.07, 6.45) is 1.56. The van der Waals surface area contributed by atoms with Gasteiger partial charge in [0.25, 0.3) is 0 Å². The Hall–Kier alpha value is -2.36. The van der Waals surface area contributed by atoms with Crippen LogP contribution in [0.3, 0.4) is 0 Å². The number of aromatic hydroxyl groups is 2. The van der Waals surface area contributed by atoms with Crippen LogP contribution in [0, 0.1) is 0 Å². The maximum Gasteiger partial charge on any atom is 0.203 e. The van der Waals surface area contributed by atoms with Crippen molar-refractivity contribution in [3.8, 4) is 23.0 Å². The molecule has 4 nitrogen and oxygen atoms in total. The Morgan fingerprint density at radius 3 is 2.05 bits per heavy atom. The second kappa shape index (κ2) is 6.19. The van der Waals surface area contributed by atoms with E-state index >= 15 is 0 Å². The fourth-order valence-corrected chi connectivity index (χ4v) is 2.15. The molecule has 2 rings (SSSR count).